The maximum absolute atomic E-state index is 13.2. The molecule has 1 N–H and O–H groups in total. The molecule has 0 aliphatic rings. The Hall–Kier alpha value is -2.90. The Bertz CT molecular complexity index is 1030. The van der Waals surface area contributed by atoms with Crippen molar-refractivity contribution in [2.45, 2.75) is 39.9 Å². The Morgan fingerprint density at radius 2 is 1.79 bits per heavy atom. The lowest BCUT2D eigenvalue weighted by Gasteiger charge is -2.21. The number of hydrogen-bond acceptors (Lipinski definition) is 5. The summed E-state index contributed by atoms with van der Waals surface area (Å²) in [6.45, 7) is 6.84. The molecule has 0 bridgehead atoms. The Morgan fingerprint density at radius 3 is 2.43 bits per heavy atom. The molecule has 28 heavy (non-hydrogen) atoms. The first-order chi connectivity index (χ1) is 13.1. The molecule has 0 saturated carbocycles. The van der Waals surface area contributed by atoms with Crippen LogP contribution >= 0.6 is 0 Å². The van der Waals surface area contributed by atoms with Gasteiger partial charge in [0.15, 0.2) is 5.65 Å². The van der Waals surface area contributed by atoms with Gasteiger partial charge in [-0.1, -0.05) is 12.1 Å². The van der Waals surface area contributed by atoms with Crippen molar-refractivity contribution >= 4 is 16.9 Å². The summed E-state index contributed by atoms with van der Waals surface area (Å²) in [4.78, 5) is 13.2. The summed E-state index contributed by atoms with van der Waals surface area (Å²) in [5, 5.41) is 3.86. The van der Waals surface area contributed by atoms with E-state index in [2.05, 4.69) is 20.3 Å². The Balaban J connectivity index is 2.06. The van der Waals surface area contributed by atoms with E-state index in [0.29, 0.717) is 39.7 Å². The summed E-state index contributed by atoms with van der Waals surface area (Å²) in [6, 6.07) is 5.56. The van der Waals surface area contributed by atoms with Gasteiger partial charge in [0, 0.05) is 0 Å². The average Bonchev–Trinajstić information content (AvgIpc) is 2.60. The van der Waals surface area contributed by atoms with Gasteiger partial charge >= 0.3 is 6.18 Å². The average molecular weight is 390 g/mol. The van der Waals surface area contributed by atoms with Crippen molar-refractivity contribution in [3.63, 3.8) is 0 Å². The molecule has 8 heteroatoms. The van der Waals surface area contributed by atoms with Crippen molar-refractivity contribution < 1.29 is 17.9 Å². The van der Waals surface area contributed by atoms with Crippen molar-refractivity contribution in [2.75, 3.05) is 12.4 Å². The number of nitrogens with zero attached hydrogens (tertiary/aromatic N) is 3. The zero-order valence-electron chi connectivity index (χ0n) is 16.3. The highest BCUT2D eigenvalue weighted by Crippen LogP contribution is 2.35. The van der Waals surface area contributed by atoms with Gasteiger partial charge in [0.25, 0.3) is 0 Å². The predicted octanol–water partition coefficient (Wildman–Crippen LogP) is 5.15. The van der Waals surface area contributed by atoms with Gasteiger partial charge in [-0.05, 0) is 51.0 Å². The summed E-state index contributed by atoms with van der Waals surface area (Å²) < 4.78 is 45.0. The number of benzene rings is 1. The second kappa shape index (κ2) is 7.26. The number of hydrogen-bond donors (Lipinski definition) is 1. The van der Waals surface area contributed by atoms with E-state index in [1.54, 1.807) is 33.1 Å². The number of ether oxygens (including phenoxy) is 1. The highest BCUT2D eigenvalue weighted by Gasteiger charge is 2.33. The van der Waals surface area contributed by atoms with Crippen LogP contribution in [0, 0.1) is 20.8 Å². The SMILES string of the molecule is COc1cc2c(NC(C)c3cccc(C(F)(F)F)c3C)nc(C)nc2nc1C. The number of alkyl halides is 3. The molecule has 3 aromatic rings. The number of anilines is 1. The molecule has 0 fully saturated rings. The molecular formula is C20H21F3N4O. The molecule has 5 nitrogen and oxygen atoms in total. The Morgan fingerprint density at radius 1 is 1.07 bits per heavy atom. The summed E-state index contributed by atoms with van der Waals surface area (Å²) in [5.41, 5.74) is 1.30. The van der Waals surface area contributed by atoms with E-state index in [0.717, 1.165) is 6.07 Å². The number of halogens is 3. The van der Waals surface area contributed by atoms with E-state index in [4.69, 9.17) is 4.74 Å². The fraction of sp³-hybridized carbons (Fsp3) is 0.350. The Labute approximate surface area is 161 Å². The molecule has 1 atom stereocenters. The van der Waals surface area contributed by atoms with Crippen molar-refractivity contribution in [1.82, 2.24) is 15.0 Å². The van der Waals surface area contributed by atoms with Crippen LogP contribution in [0.2, 0.25) is 0 Å². The van der Waals surface area contributed by atoms with E-state index in [-0.39, 0.29) is 5.56 Å². The minimum Gasteiger partial charge on any atom is -0.495 e. The number of pyridine rings is 1. The lowest BCUT2D eigenvalue weighted by molar-refractivity contribution is -0.138. The highest BCUT2D eigenvalue weighted by atomic mass is 19.4. The number of rotatable bonds is 4. The molecule has 2 heterocycles. The van der Waals surface area contributed by atoms with Crippen molar-refractivity contribution in [2.24, 2.45) is 0 Å². The van der Waals surface area contributed by atoms with Crippen molar-refractivity contribution in [3.8, 4) is 5.75 Å². The first kappa shape index (κ1) is 19.9. The van der Waals surface area contributed by atoms with E-state index in [9.17, 15) is 13.2 Å². The molecule has 2 aromatic heterocycles. The zero-order chi connectivity index (χ0) is 20.6. The van der Waals surface area contributed by atoms with Crippen LogP contribution in [0.25, 0.3) is 11.0 Å². The van der Waals surface area contributed by atoms with Gasteiger partial charge < -0.3 is 10.1 Å². The second-order valence-electron chi connectivity index (χ2n) is 6.65. The maximum atomic E-state index is 13.2. The van der Waals surface area contributed by atoms with E-state index in [1.807, 2.05) is 6.92 Å². The highest BCUT2D eigenvalue weighted by molar-refractivity contribution is 5.88. The predicted molar refractivity (Wildman–Crippen MR) is 102 cm³/mol. The topological polar surface area (TPSA) is 59.9 Å². The van der Waals surface area contributed by atoms with Crippen LogP contribution in [-0.4, -0.2) is 22.1 Å². The quantitative estimate of drug-likeness (QED) is 0.668. The van der Waals surface area contributed by atoms with Crippen LogP contribution in [-0.2, 0) is 6.18 Å². The monoisotopic (exact) mass is 390 g/mol. The van der Waals surface area contributed by atoms with Crippen molar-refractivity contribution in [1.29, 1.82) is 0 Å². The normalized spacial score (nSPS) is 12.9. The van der Waals surface area contributed by atoms with E-state index < -0.39 is 17.8 Å². The first-order valence-electron chi connectivity index (χ1n) is 8.75. The minimum atomic E-state index is -4.40. The molecule has 1 unspecified atom stereocenters. The van der Waals surface area contributed by atoms with E-state index >= 15 is 0 Å². The van der Waals surface area contributed by atoms with Gasteiger partial charge in [0.1, 0.15) is 17.4 Å². The third kappa shape index (κ3) is 3.72. The summed E-state index contributed by atoms with van der Waals surface area (Å²) in [6.07, 6.45) is -4.40. The molecule has 1 aromatic carbocycles. The number of methoxy groups -OCH3 is 1. The number of nitrogens with one attached hydrogen (secondary N) is 1. The molecule has 0 radical (unpaired) electrons. The molecule has 3 rings (SSSR count). The van der Waals surface area contributed by atoms with Crippen LogP contribution in [0.15, 0.2) is 24.3 Å². The fourth-order valence-corrected chi connectivity index (χ4v) is 3.26. The third-order valence-corrected chi connectivity index (χ3v) is 4.66. The second-order valence-corrected chi connectivity index (χ2v) is 6.65. The van der Waals surface area contributed by atoms with Gasteiger partial charge in [0.2, 0.25) is 0 Å². The summed E-state index contributed by atoms with van der Waals surface area (Å²) in [7, 11) is 1.55. The number of aromatic nitrogens is 3. The van der Waals surface area contributed by atoms with Crippen LogP contribution in [0.5, 0.6) is 5.75 Å². The van der Waals surface area contributed by atoms with Crippen LogP contribution in [0.4, 0.5) is 19.0 Å². The van der Waals surface area contributed by atoms with Crippen LogP contribution in [0.3, 0.4) is 0 Å². The zero-order valence-corrected chi connectivity index (χ0v) is 16.3. The van der Waals surface area contributed by atoms with Crippen LogP contribution in [0.1, 0.15) is 41.2 Å². The van der Waals surface area contributed by atoms with E-state index in [1.165, 1.54) is 13.0 Å². The van der Waals surface area contributed by atoms with Gasteiger partial charge in [-0.15, -0.1) is 0 Å². The molecule has 0 amide bonds. The lowest BCUT2D eigenvalue weighted by Crippen LogP contribution is -2.14. The van der Waals surface area contributed by atoms with Crippen LogP contribution < -0.4 is 10.1 Å². The standard InChI is InChI=1S/C20H21F3N4O/c1-10-14(7-6-8-16(10)20(21,22)23)11(2)24-18-15-9-17(28-5)12(3)25-19(15)27-13(4)26-18/h6-9,11H,1-5H3,(H,24,25,26,27). The summed E-state index contributed by atoms with van der Waals surface area (Å²) in [5.74, 6) is 1.60. The Kier molecular flexibility index (Phi) is 5.14. The first-order valence-corrected chi connectivity index (χ1v) is 8.75. The van der Waals surface area contributed by atoms with Gasteiger partial charge in [-0.2, -0.15) is 13.2 Å². The third-order valence-electron chi connectivity index (χ3n) is 4.66. The minimum absolute atomic E-state index is 0.191. The molecule has 0 aliphatic carbocycles. The summed E-state index contributed by atoms with van der Waals surface area (Å²) >= 11 is 0. The van der Waals surface area contributed by atoms with Gasteiger partial charge in [-0.3, -0.25) is 0 Å². The lowest BCUT2D eigenvalue weighted by atomic mass is 9.97. The molecule has 0 saturated heterocycles. The largest absolute Gasteiger partial charge is 0.495 e. The maximum Gasteiger partial charge on any atom is 0.416 e. The smallest absolute Gasteiger partial charge is 0.416 e. The fourth-order valence-electron chi connectivity index (χ4n) is 3.26. The molecule has 0 aliphatic heterocycles. The van der Waals surface area contributed by atoms with Gasteiger partial charge in [-0.25, -0.2) is 15.0 Å². The van der Waals surface area contributed by atoms with Crippen molar-refractivity contribution in [3.05, 3.63) is 52.5 Å². The molecular weight excluding hydrogens is 369 g/mol. The number of aryl methyl sites for hydroxylation is 2. The molecule has 148 valence electrons. The van der Waals surface area contributed by atoms with Gasteiger partial charge in [0.05, 0.1) is 29.8 Å². The number of fused-ring (bicyclic) bond motifs is 1. The molecule has 0 spiro atoms.